The van der Waals surface area contributed by atoms with Gasteiger partial charge in [-0.05, 0) is 98.6 Å². The Labute approximate surface area is 297 Å². The maximum absolute atomic E-state index is 6.76. The summed E-state index contributed by atoms with van der Waals surface area (Å²) in [6.45, 7) is 0. The molecule has 0 aliphatic heterocycles. The van der Waals surface area contributed by atoms with Crippen LogP contribution < -0.4 is 4.90 Å². The second-order valence-electron chi connectivity index (χ2n) is 13.3. The first-order valence-electron chi connectivity index (χ1n) is 17.6. The monoisotopic (exact) mass is 651 g/mol. The molecular formula is C49H33NO. The van der Waals surface area contributed by atoms with E-state index >= 15 is 0 Å². The zero-order valence-electron chi connectivity index (χ0n) is 28.0. The van der Waals surface area contributed by atoms with Gasteiger partial charge in [0.1, 0.15) is 11.3 Å². The largest absolute Gasteiger partial charge is 0.455 e. The molecule has 0 spiro atoms. The van der Waals surface area contributed by atoms with E-state index in [1.54, 1.807) is 0 Å². The molecule has 2 nitrogen and oxygen atoms in total. The third kappa shape index (κ3) is 4.95. The number of rotatable bonds is 4. The molecule has 0 amide bonds. The SMILES string of the molecule is c1ccc(N(c2ccc(-c3cccc4ccccc34)cc2)c2ccc3c(c2)Cc2ccccc2-c2ccccc2-c2oc4ccccc4c2-3)cc1. The summed E-state index contributed by atoms with van der Waals surface area (Å²) in [4.78, 5) is 2.37. The van der Waals surface area contributed by atoms with Gasteiger partial charge in [0.15, 0.2) is 0 Å². The van der Waals surface area contributed by atoms with E-state index in [1.807, 2.05) is 0 Å². The number of furan rings is 1. The van der Waals surface area contributed by atoms with Crippen molar-refractivity contribution in [3.63, 3.8) is 0 Å². The second-order valence-corrected chi connectivity index (χ2v) is 13.3. The van der Waals surface area contributed by atoms with Crippen molar-refractivity contribution in [3.05, 3.63) is 199 Å². The molecule has 1 aliphatic rings. The minimum Gasteiger partial charge on any atom is -0.455 e. The fraction of sp³-hybridized carbons (Fsp3) is 0.0204. The summed E-state index contributed by atoms with van der Waals surface area (Å²) in [5, 5.41) is 3.64. The van der Waals surface area contributed by atoms with Gasteiger partial charge >= 0.3 is 0 Å². The molecular weight excluding hydrogens is 619 g/mol. The minimum absolute atomic E-state index is 0.787. The van der Waals surface area contributed by atoms with Crippen LogP contribution in [0, 0.1) is 0 Å². The van der Waals surface area contributed by atoms with Crippen molar-refractivity contribution in [2.45, 2.75) is 6.42 Å². The molecule has 9 aromatic rings. The molecule has 0 saturated carbocycles. The lowest BCUT2D eigenvalue weighted by atomic mass is 9.91. The maximum Gasteiger partial charge on any atom is 0.143 e. The van der Waals surface area contributed by atoms with Gasteiger partial charge in [0.05, 0.1) is 0 Å². The summed E-state index contributed by atoms with van der Waals surface area (Å²) in [7, 11) is 0. The normalized spacial score (nSPS) is 11.8. The summed E-state index contributed by atoms with van der Waals surface area (Å²) < 4.78 is 6.76. The van der Waals surface area contributed by atoms with Gasteiger partial charge < -0.3 is 9.32 Å². The van der Waals surface area contributed by atoms with Gasteiger partial charge in [0.2, 0.25) is 0 Å². The quantitative estimate of drug-likeness (QED) is 0.188. The Morgan fingerprint density at radius 3 is 1.88 bits per heavy atom. The molecule has 0 N–H and O–H groups in total. The zero-order chi connectivity index (χ0) is 33.7. The van der Waals surface area contributed by atoms with Crippen LogP contribution in [0.1, 0.15) is 11.1 Å². The van der Waals surface area contributed by atoms with Gasteiger partial charge in [-0.1, -0.05) is 146 Å². The first-order chi connectivity index (χ1) is 25.3. The molecule has 51 heavy (non-hydrogen) atoms. The van der Waals surface area contributed by atoms with E-state index in [0.717, 1.165) is 51.3 Å². The lowest BCUT2D eigenvalue weighted by Crippen LogP contribution is -2.10. The number of para-hydroxylation sites is 2. The molecule has 0 atom stereocenters. The Bertz CT molecular complexity index is 2710. The van der Waals surface area contributed by atoms with E-state index in [2.05, 4.69) is 193 Å². The second kappa shape index (κ2) is 12.0. The summed E-state index contributed by atoms with van der Waals surface area (Å²) in [5.74, 6) is 0.918. The highest BCUT2D eigenvalue weighted by Gasteiger charge is 2.26. The van der Waals surface area contributed by atoms with Gasteiger partial charge in [0, 0.05) is 33.6 Å². The predicted molar refractivity (Wildman–Crippen MR) is 213 cm³/mol. The first-order valence-corrected chi connectivity index (χ1v) is 17.6. The van der Waals surface area contributed by atoms with E-state index in [9.17, 15) is 0 Å². The Morgan fingerprint density at radius 1 is 0.392 bits per heavy atom. The van der Waals surface area contributed by atoms with E-state index < -0.39 is 0 Å². The number of anilines is 3. The summed E-state index contributed by atoms with van der Waals surface area (Å²) >= 11 is 0. The smallest absolute Gasteiger partial charge is 0.143 e. The van der Waals surface area contributed by atoms with Crippen LogP contribution in [0.3, 0.4) is 0 Å². The van der Waals surface area contributed by atoms with Crippen LogP contribution in [-0.2, 0) is 6.42 Å². The molecule has 1 aliphatic carbocycles. The van der Waals surface area contributed by atoms with Crippen LogP contribution in [0.25, 0.3) is 66.4 Å². The van der Waals surface area contributed by atoms with Crippen LogP contribution in [0.4, 0.5) is 17.1 Å². The Balaban J connectivity index is 1.17. The molecule has 2 heteroatoms. The number of fused-ring (bicyclic) bond motifs is 10. The zero-order valence-corrected chi connectivity index (χ0v) is 28.0. The van der Waals surface area contributed by atoms with Crippen molar-refractivity contribution >= 4 is 38.8 Å². The number of hydrogen-bond donors (Lipinski definition) is 0. The topological polar surface area (TPSA) is 16.4 Å². The molecule has 10 rings (SSSR count). The molecule has 240 valence electrons. The number of hydrogen-bond acceptors (Lipinski definition) is 2. The van der Waals surface area contributed by atoms with Crippen LogP contribution in [-0.4, -0.2) is 0 Å². The van der Waals surface area contributed by atoms with Crippen molar-refractivity contribution in [3.8, 4) is 44.7 Å². The van der Waals surface area contributed by atoms with E-state index in [1.165, 1.54) is 49.7 Å². The van der Waals surface area contributed by atoms with Gasteiger partial charge in [-0.15, -0.1) is 0 Å². The van der Waals surface area contributed by atoms with E-state index in [0.29, 0.717) is 0 Å². The predicted octanol–water partition coefficient (Wildman–Crippen LogP) is 13.6. The van der Waals surface area contributed by atoms with Crippen molar-refractivity contribution in [1.29, 1.82) is 0 Å². The Morgan fingerprint density at radius 2 is 1.02 bits per heavy atom. The van der Waals surface area contributed by atoms with Crippen molar-refractivity contribution in [1.82, 2.24) is 0 Å². The molecule has 0 bridgehead atoms. The lowest BCUT2D eigenvalue weighted by Gasteiger charge is -2.27. The van der Waals surface area contributed by atoms with Gasteiger partial charge in [-0.2, -0.15) is 0 Å². The third-order valence-electron chi connectivity index (χ3n) is 10.3. The highest BCUT2D eigenvalue weighted by Crippen LogP contribution is 2.48. The van der Waals surface area contributed by atoms with Crippen LogP contribution in [0.15, 0.2) is 192 Å². The van der Waals surface area contributed by atoms with E-state index in [-0.39, 0.29) is 0 Å². The summed E-state index contributed by atoms with van der Waals surface area (Å²) in [6, 6.07) is 67.7. The van der Waals surface area contributed by atoms with Crippen molar-refractivity contribution in [2.24, 2.45) is 0 Å². The molecule has 0 saturated heterocycles. The van der Waals surface area contributed by atoms with Crippen LogP contribution in [0.2, 0.25) is 0 Å². The standard InChI is InChI=1S/C49H33NO/c1-2-16-37(17-3-1)50(38-27-25-34(26-28-38)41-23-12-15-33-13-4-6-18-40(33)41)39-29-30-43-36(32-39)31-35-14-5-7-19-42(35)44-20-8-9-21-45(44)49-48(43)46-22-10-11-24-47(46)51-49/h1-30,32H,31H2. The van der Waals surface area contributed by atoms with Gasteiger partial charge in [0.25, 0.3) is 0 Å². The first kappa shape index (κ1) is 29.3. The van der Waals surface area contributed by atoms with Gasteiger partial charge in [-0.3, -0.25) is 0 Å². The fourth-order valence-corrected chi connectivity index (χ4v) is 7.96. The maximum atomic E-state index is 6.76. The third-order valence-corrected chi connectivity index (χ3v) is 10.3. The molecule has 0 radical (unpaired) electrons. The number of benzene rings is 8. The molecule has 0 unspecified atom stereocenters. The average Bonchev–Trinajstić information content (AvgIpc) is 3.59. The number of nitrogens with zero attached hydrogens (tertiary/aromatic N) is 1. The van der Waals surface area contributed by atoms with Crippen molar-refractivity contribution in [2.75, 3.05) is 4.90 Å². The Kier molecular flexibility index (Phi) is 6.92. The molecule has 0 fully saturated rings. The molecule has 8 aromatic carbocycles. The highest BCUT2D eigenvalue weighted by atomic mass is 16.3. The lowest BCUT2D eigenvalue weighted by molar-refractivity contribution is 0.632. The summed E-state index contributed by atoms with van der Waals surface area (Å²) in [5.41, 5.74) is 15.1. The summed E-state index contributed by atoms with van der Waals surface area (Å²) in [6.07, 6.45) is 0.787. The van der Waals surface area contributed by atoms with Crippen molar-refractivity contribution < 1.29 is 4.42 Å². The minimum atomic E-state index is 0.787. The Hall–Kier alpha value is -6.64. The molecule has 1 aromatic heterocycles. The highest BCUT2D eigenvalue weighted by molar-refractivity contribution is 6.05. The fourth-order valence-electron chi connectivity index (χ4n) is 7.96. The average molecular weight is 652 g/mol. The van der Waals surface area contributed by atoms with E-state index in [4.69, 9.17) is 4.42 Å². The van der Waals surface area contributed by atoms with Gasteiger partial charge in [-0.25, -0.2) is 0 Å². The van der Waals surface area contributed by atoms with Crippen LogP contribution in [0.5, 0.6) is 0 Å². The van der Waals surface area contributed by atoms with Crippen LogP contribution >= 0.6 is 0 Å². The molecule has 1 heterocycles.